The smallest absolute Gasteiger partial charge is 0.334 e. The third kappa shape index (κ3) is 3.95. The lowest BCUT2D eigenvalue weighted by molar-refractivity contribution is -0.803. The fourth-order valence-electron chi connectivity index (χ4n) is 3.59. The highest BCUT2D eigenvalue weighted by Crippen LogP contribution is 2.42. The van der Waals surface area contributed by atoms with Crippen molar-refractivity contribution in [2.24, 2.45) is 16.6 Å². The normalized spacial score (nSPS) is 18.5. The number of hydrogen-bond acceptors (Lipinski definition) is 8. The van der Waals surface area contributed by atoms with Gasteiger partial charge in [0.15, 0.2) is 6.61 Å². The molecule has 2 heterocycles. The number of primary amides is 1. The van der Waals surface area contributed by atoms with Gasteiger partial charge >= 0.3 is 11.9 Å². The first-order chi connectivity index (χ1) is 14.6. The number of hydrogen-bond donors (Lipinski definition) is 3. The van der Waals surface area contributed by atoms with Gasteiger partial charge < -0.3 is 25.9 Å². The summed E-state index contributed by atoms with van der Waals surface area (Å²) in [6.45, 7) is 2.60. The summed E-state index contributed by atoms with van der Waals surface area (Å²) in [5.74, 6) is -5.82. The number of nitrogens with zero attached hydrogens (tertiary/aromatic N) is 3. The van der Waals surface area contributed by atoms with E-state index in [0.717, 1.165) is 0 Å². The number of carbonyl (C=O) groups excluding carboxylic acids is 1. The molecular weight excluding hydrogens is 412 g/mol. The summed E-state index contributed by atoms with van der Waals surface area (Å²) >= 11 is 0. The van der Waals surface area contributed by atoms with Crippen molar-refractivity contribution >= 4 is 23.6 Å². The van der Waals surface area contributed by atoms with Gasteiger partial charge in [0.1, 0.15) is 11.7 Å². The summed E-state index contributed by atoms with van der Waals surface area (Å²) < 4.78 is 10.0. The Morgan fingerprint density at radius 3 is 2.55 bits per heavy atom. The molecule has 1 aromatic heterocycles. The van der Waals surface area contributed by atoms with Crippen LogP contribution in [0.1, 0.15) is 41.5 Å². The number of para-hydroxylation sites is 1. The first-order valence-corrected chi connectivity index (χ1v) is 8.95. The highest BCUT2D eigenvalue weighted by molar-refractivity contribution is 6.06. The molecule has 4 N–H and O–H groups in total. The molecule has 0 bridgehead atoms. The highest BCUT2D eigenvalue weighted by atomic mass is 16.8. The van der Waals surface area contributed by atoms with Gasteiger partial charge in [-0.2, -0.15) is 0 Å². The lowest BCUT2D eigenvalue weighted by atomic mass is 9.75. The number of carboxylic acids is 2. The topological polar surface area (TPSA) is 192 Å². The van der Waals surface area contributed by atoms with E-state index in [9.17, 15) is 29.8 Å². The van der Waals surface area contributed by atoms with Crippen LogP contribution in [0.2, 0.25) is 0 Å². The first-order valence-electron chi connectivity index (χ1n) is 8.95. The molecule has 1 aliphatic heterocycles. The Morgan fingerprint density at radius 2 is 1.94 bits per heavy atom. The lowest BCUT2D eigenvalue weighted by Crippen LogP contribution is -2.35. The molecule has 0 spiro atoms. The van der Waals surface area contributed by atoms with E-state index in [1.807, 2.05) is 0 Å². The maximum atomic E-state index is 12.0. The van der Waals surface area contributed by atoms with Gasteiger partial charge in [-0.15, -0.1) is 0 Å². The second-order valence-electron chi connectivity index (χ2n) is 6.77. The zero-order valence-corrected chi connectivity index (χ0v) is 16.4. The Hall–Kier alpha value is -4.22. The van der Waals surface area contributed by atoms with Crippen LogP contribution in [0.25, 0.3) is 0 Å². The molecule has 2 atom stereocenters. The molecule has 31 heavy (non-hydrogen) atoms. The third-order valence-corrected chi connectivity index (χ3v) is 4.86. The SMILES string of the molecule is CC1=NC(C)=C(C(=O)O)C(c2ccccc2OCc2no[n+]([O-])c2C(N)=O)C1C(=O)O. The molecule has 162 valence electrons. The molecule has 1 amide bonds. The molecule has 2 aromatic rings. The number of rotatable bonds is 7. The van der Waals surface area contributed by atoms with Crippen molar-refractivity contribution in [2.75, 3.05) is 0 Å². The van der Waals surface area contributed by atoms with E-state index in [0.29, 0.717) is 0 Å². The van der Waals surface area contributed by atoms with Gasteiger partial charge in [-0.1, -0.05) is 18.2 Å². The van der Waals surface area contributed by atoms with Crippen molar-refractivity contribution in [1.82, 2.24) is 5.16 Å². The van der Waals surface area contributed by atoms with E-state index in [1.54, 1.807) is 12.1 Å². The maximum Gasteiger partial charge on any atom is 0.334 e. The largest absolute Gasteiger partial charge is 0.484 e. The first kappa shape index (κ1) is 21.5. The van der Waals surface area contributed by atoms with E-state index in [4.69, 9.17) is 10.5 Å². The monoisotopic (exact) mass is 430 g/mol. The van der Waals surface area contributed by atoms with Crippen LogP contribution < -0.4 is 15.4 Å². The van der Waals surface area contributed by atoms with Crippen LogP contribution in [-0.2, 0) is 16.2 Å². The summed E-state index contributed by atoms with van der Waals surface area (Å²) in [5.41, 5.74) is 4.97. The minimum absolute atomic E-state index is 0.135. The summed E-state index contributed by atoms with van der Waals surface area (Å²) in [7, 11) is 0. The van der Waals surface area contributed by atoms with Crippen molar-refractivity contribution in [1.29, 1.82) is 0 Å². The van der Waals surface area contributed by atoms with Gasteiger partial charge in [0.05, 0.1) is 5.57 Å². The average Bonchev–Trinajstić information content (AvgIpc) is 3.06. The predicted octanol–water partition coefficient (Wildman–Crippen LogP) is 0.603. The fourth-order valence-corrected chi connectivity index (χ4v) is 3.59. The Morgan fingerprint density at radius 1 is 1.26 bits per heavy atom. The van der Waals surface area contributed by atoms with Crippen molar-refractivity contribution in [2.45, 2.75) is 26.4 Å². The van der Waals surface area contributed by atoms with E-state index in [-0.39, 0.29) is 38.9 Å². The van der Waals surface area contributed by atoms with Gasteiger partial charge in [0, 0.05) is 28.0 Å². The third-order valence-electron chi connectivity index (χ3n) is 4.86. The van der Waals surface area contributed by atoms with Crippen molar-refractivity contribution < 1.29 is 38.9 Å². The van der Waals surface area contributed by atoms with Crippen molar-refractivity contribution in [3.05, 3.63) is 57.7 Å². The number of carboxylic acid groups (broad SMARTS) is 2. The number of aliphatic carboxylic acids is 2. The maximum absolute atomic E-state index is 12.0. The zero-order chi connectivity index (χ0) is 22.9. The number of nitrogens with two attached hydrogens (primary N) is 1. The van der Waals surface area contributed by atoms with Crippen LogP contribution >= 0.6 is 0 Å². The Kier molecular flexibility index (Phi) is 5.72. The van der Waals surface area contributed by atoms with E-state index in [2.05, 4.69) is 14.8 Å². The fraction of sp³-hybridized carbons (Fsp3) is 0.263. The second kappa shape index (κ2) is 8.26. The Bertz CT molecular complexity index is 1130. The van der Waals surface area contributed by atoms with Gasteiger partial charge in [0.2, 0.25) is 0 Å². The van der Waals surface area contributed by atoms with E-state index >= 15 is 0 Å². The predicted molar refractivity (Wildman–Crippen MR) is 102 cm³/mol. The number of ether oxygens (including phenoxy) is 1. The Labute approximate surface area is 174 Å². The average molecular weight is 430 g/mol. The zero-order valence-electron chi connectivity index (χ0n) is 16.4. The quantitative estimate of drug-likeness (QED) is 0.527. The minimum atomic E-state index is -1.31. The number of amides is 1. The lowest BCUT2D eigenvalue weighted by Gasteiger charge is -2.30. The van der Waals surface area contributed by atoms with Crippen molar-refractivity contribution in [3.63, 3.8) is 0 Å². The summed E-state index contributed by atoms with van der Waals surface area (Å²) in [5, 5.41) is 34.5. The molecule has 2 unspecified atom stereocenters. The molecule has 3 rings (SSSR count). The van der Waals surface area contributed by atoms with Crippen LogP contribution in [0.3, 0.4) is 0 Å². The molecular formula is C19H18N4O8. The number of aliphatic imine (C=N–C) groups is 1. The van der Waals surface area contributed by atoms with Crippen LogP contribution in [0.5, 0.6) is 5.75 Å². The van der Waals surface area contributed by atoms with Crippen LogP contribution in [0, 0.1) is 11.1 Å². The number of allylic oxidation sites excluding steroid dienone is 1. The standard InChI is InChI=1S/C19H18N4O8/c1-8-13(18(25)26)15(14(19(27)28)9(2)21-8)10-5-3-4-6-12(10)30-7-11-16(17(20)24)23(29)31-22-11/h3-6,13,15H,7H2,1-2H3,(H2,20,24)(H,25,26)(H,27,28). The number of carbonyl (C=O) groups is 3. The summed E-state index contributed by atoms with van der Waals surface area (Å²) in [4.78, 5) is 39.3. The van der Waals surface area contributed by atoms with Gasteiger partial charge in [-0.3, -0.25) is 19.2 Å². The Balaban J connectivity index is 2.05. The van der Waals surface area contributed by atoms with Gasteiger partial charge in [-0.05, 0) is 24.8 Å². The second-order valence-corrected chi connectivity index (χ2v) is 6.77. The minimum Gasteiger partial charge on any atom is -0.484 e. The molecule has 1 aromatic carbocycles. The summed E-state index contributed by atoms with van der Waals surface area (Å²) in [6, 6.07) is 6.24. The van der Waals surface area contributed by atoms with Gasteiger partial charge in [-0.25, -0.2) is 4.79 Å². The van der Waals surface area contributed by atoms with E-state index in [1.165, 1.54) is 26.0 Å². The van der Waals surface area contributed by atoms with Crippen LogP contribution in [0.4, 0.5) is 0 Å². The molecule has 0 saturated carbocycles. The molecule has 0 saturated heterocycles. The molecule has 12 nitrogen and oxygen atoms in total. The number of benzene rings is 1. The molecule has 0 aliphatic carbocycles. The number of aromatic nitrogens is 2. The van der Waals surface area contributed by atoms with Gasteiger partial charge in [0.25, 0.3) is 17.3 Å². The molecule has 0 radical (unpaired) electrons. The van der Waals surface area contributed by atoms with Crippen LogP contribution in [0.15, 0.2) is 45.2 Å². The molecule has 12 heteroatoms. The summed E-state index contributed by atoms with van der Waals surface area (Å²) in [6.07, 6.45) is 0. The van der Waals surface area contributed by atoms with E-state index < -0.39 is 42.0 Å². The van der Waals surface area contributed by atoms with Crippen LogP contribution in [-0.4, -0.2) is 38.9 Å². The molecule has 1 aliphatic rings. The molecule has 0 fully saturated rings. The highest BCUT2D eigenvalue weighted by Gasteiger charge is 2.42. The van der Waals surface area contributed by atoms with Crippen molar-refractivity contribution in [3.8, 4) is 5.75 Å².